The van der Waals surface area contributed by atoms with E-state index in [2.05, 4.69) is 103 Å². The quantitative estimate of drug-likeness (QED) is 0.0361. The molecule has 19 nitrogen and oxygen atoms in total. The van der Waals surface area contributed by atoms with Crippen LogP contribution in [0.25, 0.3) is 0 Å². The van der Waals surface area contributed by atoms with E-state index in [1.54, 1.807) is 71.7 Å². The molecular formula is C77H87N9O10S3. The Morgan fingerprint density at radius 3 is 1.25 bits per heavy atom. The van der Waals surface area contributed by atoms with Crippen LogP contribution >= 0.6 is 35.3 Å². The number of urea groups is 2. The van der Waals surface area contributed by atoms with Crippen LogP contribution in [0.15, 0.2) is 253 Å². The van der Waals surface area contributed by atoms with Crippen molar-refractivity contribution in [2.24, 2.45) is 4.99 Å². The average Bonchev–Trinajstić information content (AvgIpc) is 1.73. The smallest absolute Gasteiger partial charge is 0.338 e. The van der Waals surface area contributed by atoms with Gasteiger partial charge in [0.25, 0.3) is 0 Å². The van der Waals surface area contributed by atoms with Crippen LogP contribution in [0.3, 0.4) is 0 Å². The van der Waals surface area contributed by atoms with Crippen LogP contribution in [0.2, 0.25) is 0 Å². The van der Waals surface area contributed by atoms with Gasteiger partial charge in [0.15, 0.2) is 0 Å². The van der Waals surface area contributed by atoms with Gasteiger partial charge in [0, 0.05) is 133 Å². The largest absolute Gasteiger partial charge is 0.460 e. The van der Waals surface area contributed by atoms with Gasteiger partial charge in [-0.25, -0.2) is 24.2 Å². The van der Waals surface area contributed by atoms with Crippen molar-refractivity contribution in [1.29, 1.82) is 0 Å². The van der Waals surface area contributed by atoms with Crippen molar-refractivity contribution in [1.82, 2.24) is 29.4 Å². The van der Waals surface area contributed by atoms with Gasteiger partial charge in [-0.05, 0) is 91.0 Å². The topological polar surface area (TPSA) is 191 Å². The number of ether oxygens (including phenoxy) is 5. The van der Waals surface area contributed by atoms with E-state index in [0.29, 0.717) is 76.9 Å². The number of piperazine rings is 3. The molecule has 4 aliphatic heterocycles. The first kappa shape index (κ1) is 73.2. The molecule has 0 saturated carbocycles. The van der Waals surface area contributed by atoms with E-state index >= 15 is 0 Å². The number of nitrogens with zero attached hydrogens (tertiary/aromatic N) is 7. The van der Waals surface area contributed by atoms with Gasteiger partial charge in [-0.1, -0.05) is 163 Å². The SMILES string of the molecule is O=C(Nc1ccccc1Sc1ccccc1)N1CCN(CCOCCO)CC1.O=C(OCCOCCN1CCN(C(=O)Nc2ccccc2Sc2ccccc2)CC1)c1ccccc1.O=C(OCCOCCN1CCN(C2=Nc3ccccc3Sc3ccccc32)CC1)c1ccccc1. The molecule has 0 aromatic heterocycles. The third-order valence-electron chi connectivity index (χ3n) is 16.5. The minimum atomic E-state index is -0.338. The Labute approximate surface area is 593 Å². The molecule has 4 heterocycles. The fourth-order valence-corrected chi connectivity index (χ4v) is 13.9. The summed E-state index contributed by atoms with van der Waals surface area (Å²) in [6.45, 7) is 15.7. The first-order valence-electron chi connectivity index (χ1n) is 33.6. The van der Waals surface area contributed by atoms with E-state index in [1.807, 2.05) is 119 Å². The van der Waals surface area contributed by atoms with E-state index in [4.69, 9.17) is 33.8 Å². The number of esters is 2. The molecule has 99 heavy (non-hydrogen) atoms. The molecule has 3 fully saturated rings. The maximum Gasteiger partial charge on any atom is 0.338 e. The van der Waals surface area contributed by atoms with Gasteiger partial charge in [-0.2, -0.15) is 0 Å². The third kappa shape index (κ3) is 23.8. The standard InChI is InChI=1S/C28H31N3O4S.C28H29N3O3S.C21H27N3O3S/c32-27(23-9-3-1-4-10-23)35-22-21-34-20-19-30-15-17-31(18-16-30)28(33)29-25-13-7-8-14-26(25)36-24-11-5-2-6-12-24;32-28(22-8-2-1-3-9-22)34-21-20-33-19-18-30-14-16-31(17-15-30)27-23-10-4-6-12-25(23)35-26-13-7-5-11-24(26)29-27;25-15-17-27-16-14-23-10-12-24(13-11-23)21(26)22-19-8-4-5-9-20(19)28-18-6-2-1-3-7-18/h1-14H,15-22H2,(H,29,33);1-13H,14-21H2;1-9,25H,10-17H2,(H,22,26). The van der Waals surface area contributed by atoms with Crippen LogP contribution in [-0.2, 0) is 23.7 Å². The van der Waals surface area contributed by atoms with Gasteiger partial charge in [0.05, 0.1) is 74.4 Å². The van der Waals surface area contributed by atoms with Crippen LogP contribution in [-0.4, -0.2) is 222 Å². The van der Waals surface area contributed by atoms with Gasteiger partial charge < -0.3 is 54.1 Å². The Hall–Kier alpha value is -8.52. The van der Waals surface area contributed by atoms with Gasteiger partial charge >= 0.3 is 24.0 Å². The maximum absolute atomic E-state index is 12.9. The molecular weight excluding hydrogens is 1310 g/mol. The average molecular weight is 1390 g/mol. The number of fused-ring (bicyclic) bond motifs is 2. The number of rotatable bonds is 25. The van der Waals surface area contributed by atoms with E-state index < -0.39 is 0 Å². The van der Waals surface area contributed by atoms with Crippen molar-refractivity contribution < 1.29 is 48.0 Å². The number of para-hydroxylation sites is 3. The van der Waals surface area contributed by atoms with E-state index in [1.165, 1.54) is 15.4 Å². The molecule has 0 unspecified atom stereocenters. The number of hydrogen-bond acceptors (Lipinski definition) is 18. The van der Waals surface area contributed by atoms with E-state index in [-0.39, 0.29) is 43.8 Å². The van der Waals surface area contributed by atoms with Gasteiger partial charge in [0.2, 0.25) is 0 Å². The number of aliphatic hydroxyl groups excluding tert-OH is 1. The lowest BCUT2D eigenvalue weighted by Crippen LogP contribution is -2.50. The van der Waals surface area contributed by atoms with Crippen molar-refractivity contribution in [2.45, 2.75) is 29.4 Å². The third-order valence-corrected chi connectivity index (χ3v) is 19.8. The summed E-state index contributed by atoms with van der Waals surface area (Å²) in [6.07, 6.45) is 0. The number of carbonyl (C=O) groups is 4. The fourth-order valence-electron chi connectivity index (χ4n) is 11.0. The highest BCUT2D eigenvalue weighted by molar-refractivity contribution is 8.00. The lowest BCUT2D eigenvalue weighted by Gasteiger charge is -2.36. The van der Waals surface area contributed by atoms with Crippen molar-refractivity contribution in [2.75, 3.05) is 168 Å². The Morgan fingerprint density at radius 1 is 0.404 bits per heavy atom. The Morgan fingerprint density at radius 2 is 0.788 bits per heavy atom. The molecule has 0 spiro atoms. The molecule has 3 saturated heterocycles. The summed E-state index contributed by atoms with van der Waals surface area (Å²) >= 11 is 5.07. The molecule has 8 aromatic carbocycles. The van der Waals surface area contributed by atoms with E-state index in [9.17, 15) is 19.2 Å². The van der Waals surface area contributed by atoms with Crippen LogP contribution < -0.4 is 10.6 Å². The van der Waals surface area contributed by atoms with Crippen LogP contribution in [0.1, 0.15) is 26.3 Å². The zero-order chi connectivity index (χ0) is 68.5. The highest BCUT2D eigenvalue weighted by Crippen LogP contribution is 2.41. The zero-order valence-corrected chi connectivity index (χ0v) is 58.2. The molecule has 4 amide bonds. The Kier molecular flexibility index (Phi) is 30.0. The first-order chi connectivity index (χ1) is 48.7. The van der Waals surface area contributed by atoms with Crippen molar-refractivity contribution in [3.05, 3.63) is 235 Å². The summed E-state index contributed by atoms with van der Waals surface area (Å²) < 4.78 is 27.1. The number of aliphatic imine (C=N–C) groups is 1. The van der Waals surface area contributed by atoms with Crippen molar-refractivity contribution in [3.8, 4) is 0 Å². The lowest BCUT2D eigenvalue weighted by molar-refractivity contribution is 0.0260. The monoisotopic (exact) mass is 1390 g/mol. The number of benzene rings is 8. The second kappa shape index (κ2) is 40.5. The minimum Gasteiger partial charge on any atom is -0.460 e. The molecule has 4 aliphatic rings. The molecule has 0 radical (unpaired) electrons. The summed E-state index contributed by atoms with van der Waals surface area (Å²) in [5.41, 5.74) is 5.00. The summed E-state index contributed by atoms with van der Waals surface area (Å²) in [6, 6.07) is 70.8. The number of amides is 4. The first-order valence-corrected chi connectivity index (χ1v) is 36.1. The molecule has 518 valence electrons. The van der Waals surface area contributed by atoms with Crippen LogP contribution in [0.4, 0.5) is 26.7 Å². The highest BCUT2D eigenvalue weighted by atomic mass is 32.2. The Bertz CT molecular complexity index is 3790. The minimum absolute atomic E-state index is 0.0536. The van der Waals surface area contributed by atoms with Crippen molar-refractivity contribution >= 4 is 82.2 Å². The van der Waals surface area contributed by atoms with Crippen LogP contribution in [0, 0.1) is 0 Å². The number of hydrogen-bond donors (Lipinski definition) is 3. The maximum atomic E-state index is 12.9. The normalized spacial score (nSPS) is 14.7. The molecule has 0 aliphatic carbocycles. The van der Waals surface area contributed by atoms with Gasteiger partial charge in [0.1, 0.15) is 19.0 Å². The lowest BCUT2D eigenvalue weighted by atomic mass is 10.1. The molecule has 0 bridgehead atoms. The summed E-state index contributed by atoms with van der Waals surface area (Å²) in [7, 11) is 0. The number of amidine groups is 1. The Balaban J connectivity index is 0.000000162. The molecule has 12 rings (SSSR count). The van der Waals surface area contributed by atoms with Gasteiger partial charge in [-0.15, -0.1) is 0 Å². The molecule has 8 aromatic rings. The summed E-state index contributed by atoms with van der Waals surface area (Å²) in [5, 5.41) is 14.9. The fraction of sp³-hybridized carbons (Fsp3) is 0.312. The van der Waals surface area contributed by atoms with Gasteiger partial charge in [-0.3, -0.25) is 14.7 Å². The second-order valence-electron chi connectivity index (χ2n) is 23.2. The van der Waals surface area contributed by atoms with Crippen LogP contribution in [0.5, 0.6) is 0 Å². The number of carbonyl (C=O) groups excluding carboxylic acids is 4. The summed E-state index contributed by atoms with van der Waals surface area (Å²) in [4.78, 5) is 74.4. The zero-order valence-electron chi connectivity index (χ0n) is 55.7. The second-order valence-corrected chi connectivity index (χ2v) is 26.5. The summed E-state index contributed by atoms with van der Waals surface area (Å²) in [5.74, 6) is 0.415. The number of anilines is 2. The van der Waals surface area contributed by atoms with E-state index in [0.717, 1.165) is 114 Å². The molecule has 0 atom stereocenters. The van der Waals surface area contributed by atoms with Crippen molar-refractivity contribution in [3.63, 3.8) is 0 Å². The predicted octanol–water partition coefficient (Wildman–Crippen LogP) is 12.6. The number of aliphatic hydroxyl groups is 1. The molecule has 22 heteroatoms. The molecule has 3 N–H and O–H groups in total. The highest BCUT2D eigenvalue weighted by Gasteiger charge is 2.27. The predicted molar refractivity (Wildman–Crippen MR) is 392 cm³/mol. The number of nitrogens with one attached hydrogen (secondary N) is 2.